The molecule has 20 heavy (non-hydrogen) atoms. The third kappa shape index (κ3) is 1.69. The van der Waals surface area contributed by atoms with Gasteiger partial charge in [-0.05, 0) is 23.6 Å². The number of benzene rings is 3. The monoisotopic (exact) mass is 278 g/mol. The maximum absolute atomic E-state index is 6.24. The van der Waals surface area contributed by atoms with Crippen molar-refractivity contribution in [3.63, 3.8) is 0 Å². The van der Waals surface area contributed by atoms with Gasteiger partial charge in [0.2, 0.25) is 0 Å². The first-order valence-electron chi connectivity index (χ1n) is 6.45. The Labute approximate surface area is 121 Å². The van der Waals surface area contributed by atoms with Crippen LogP contribution in [-0.2, 0) is 0 Å². The number of nitrogens with zero attached hydrogens (tertiary/aromatic N) is 1. The summed E-state index contributed by atoms with van der Waals surface area (Å²) >= 11 is 6.24. The minimum absolute atomic E-state index is 0.705. The van der Waals surface area contributed by atoms with Crippen LogP contribution in [0.5, 0.6) is 0 Å². The summed E-state index contributed by atoms with van der Waals surface area (Å²) in [6, 6.07) is 20.2. The summed E-state index contributed by atoms with van der Waals surface area (Å²) in [4.78, 5) is 8.08. The summed E-state index contributed by atoms with van der Waals surface area (Å²) in [5.41, 5.74) is 2.94. The Morgan fingerprint density at radius 1 is 0.850 bits per heavy atom. The largest absolute Gasteiger partial charge is 0.338 e. The van der Waals surface area contributed by atoms with Gasteiger partial charge in [-0.1, -0.05) is 54.1 Å². The van der Waals surface area contributed by atoms with Crippen LogP contribution in [0.1, 0.15) is 0 Å². The van der Waals surface area contributed by atoms with Crippen molar-refractivity contribution in [1.29, 1.82) is 0 Å². The van der Waals surface area contributed by atoms with Gasteiger partial charge in [0, 0.05) is 10.9 Å². The second-order valence-electron chi connectivity index (χ2n) is 4.75. The summed E-state index contributed by atoms with van der Waals surface area (Å²) in [6.07, 6.45) is 0. The van der Waals surface area contributed by atoms with Crippen LogP contribution >= 0.6 is 11.6 Å². The molecule has 1 aromatic heterocycles. The molecular weight excluding hydrogens is 268 g/mol. The van der Waals surface area contributed by atoms with Crippen molar-refractivity contribution in [2.75, 3.05) is 0 Å². The van der Waals surface area contributed by atoms with E-state index in [1.54, 1.807) is 0 Å². The van der Waals surface area contributed by atoms with Crippen molar-refractivity contribution < 1.29 is 0 Å². The normalized spacial score (nSPS) is 11.2. The van der Waals surface area contributed by atoms with E-state index in [0.717, 1.165) is 27.8 Å². The SMILES string of the molecule is Clc1ccccc1-c1nc2c(ccc3ccccc32)[nH]1. The molecule has 2 nitrogen and oxygen atoms in total. The highest BCUT2D eigenvalue weighted by Gasteiger charge is 2.10. The number of imidazole rings is 1. The van der Waals surface area contributed by atoms with E-state index in [2.05, 4.69) is 29.2 Å². The third-order valence-electron chi connectivity index (χ3n) is 3.51. The minimum Gasteiger partial charge on any atom is -0.338 e. The van der Waals surface area contributed by atoms with Gasteiger partial charge in [-0.2, -0.15) is 0 Å². The zero-order chi connectivity index (χ0) is 13.5. The zero-order valence-corrected chi connectivity index (χ0v) is 11.4. The molecule has 0 fully saturated rings. The van der Waals surface area contributed by atoms with Crippen LogP contribution < -0.4 is 0 Å². The molecule has 0 aliphatic rings. The maximum atomic E-state index is 6.24. The van der Waals surface area contributed by atoms with Crippen LogP contribution in [0.25, 0.3) is 33.2 Å². The molecule has 1 heterocycles. The molecule has 0 spiro atoms. The molecule has 0 aliphatic heterocycles. The van der Waals surface area contributed by atoms with Crippen molar-refractivity contribution in [3.8, 4) is 11.4 Å². The lowest BCUT2D eigenvalue weighted by atomic mass is 10.1. The molecule has 0 radical (unpaired) electrons. The Hall–Kier alpha value is -2.32. The fourth-order valence-electron chi connectivity index (χ4n) is 2.52. The summed E-state index contributed by atoms with van der Waals surface area (Å²) in [5.74, 6) is 0.807. The molecule has 4 rings (SSSR count). The third-order valence-corrected chi connectivity index (χ3v) is 3.84. The van der Waals surface area contributed by atoms with Crippen molar-refractivity contribution >= 4 is 33.4 Å². The molecular formula is C17H11ClN2. The first kappa shape index (κ1) is 11.5. The second-order valence-corrected chi connectivity index (χ2v) is 5.16. The summed E-state index contributed by atoms with van der Waals surface area (Å²) in [6.45, 7) is 0. The molecule has 3 heteroatoms. The van der Waals surface area contributed by atoms with Gasteiger partial charge in [0.05, 0.1) is 16.1 Å². The number of hydrogen-bond acceptors (Lipinski definition) is 1. The molecule has 3 aromatic carbocycles. The molecule has 0 unspecified atom stereocenters. The predicted molar refractivity (Wildman–Crippen MR) is 84.0 cm³/mol. The summed E-state index contributed by atoms with van der Waals surface area (Å²) in [7, 11) is 0. The van der Waals surface area contributed by atoms with Crippen LogP contribution in [0.2, 0.25) is 5.02 Å². The van der Waals surface area contributed by atoms with E-state index in [-0.39, 0.29) is 0 Å². The van der Waals surface area contributed by atoms with Crippen LogP contribution in [0.3, 0.4) is 0 Å². The van der Waals surface area contributed by atoms with Gasteiger partial charge in [0.25, 0.3) is 0 Å². The van der Waals surface area contributed by atoms with Gasteiger partial charge in [0.15, 0.2) is 0 Å². The smallest absolute Gasteiger partial charge is 0.140 e. The number of nitrogens with one attached hydrogen (secondary N) is 1. The number of rotatable bonds is 1. The van der Waals surface area contributed by atoms with E-state index in [9.17, 15) is 0 Å². The number of halogens is 1. The predicted octanol–water partition coefficient (Wildman–Crippen LogP) is 5.04. The van der Waals surface area contributed by atoms with E-state index in [1.165, 1.54) is 5.39 Å². The fourth-order valence-corrected chi connectivity index (χ4v) is 2.75. The Morgan fingerprint density at radius 3 is 2.55 bits per heavy atom. The fraction of sp³-hybridized carbons (Fsp3) is 0. The molecule has 0 bridgehead atoms. The lowest BCUT2D eigenvalue weighted by Crippen LogP contribution is -1.80. The first-order valence-corrected chi connectivity index (χ1v) is 6.83. The molecule has 4 aromatic rings. The summed E-state index contributed by atoms with van der Waals surface area (Å²) in [5, 5.41) is 3.05. The van der Waals surface area contributed by atoms with Crippen LogP contribution in [0, 0.1) is 0 Å². The van der Waals surface area contributed by atoms with Crippen molar-refractivity contribution in [1.82, 2.24) is 9.97 Å². The molecule has 0 saturated carbocycles. The van der Waals surface area contributed by atoms with Crippen LogP contribution in [0.4, 0.5) is 0 Å². The molecule has 96 valence electrons. The Balaban J connectivity index is 2.04. The first-order chi connectivity index (χ1) is 9.83. The molecule has 0 saturated heterocycles. The highest BCUT2D eigenvalue weighted by Crippen LogP contribution is 2.30. The van der Waals surface area contributed by atoms with Gasteiger partial charge in [-0.25, -0.2) is 4.98 Å². The molecule has 0 amide bonds. The zero-order valence-electron chi connectivity index (χ0n) is 10.6. The van der Waals surface area contributed by atoms with Gasteiger partial charge in [-0.15, -0.1) is 0 Å². The number of aromatic amines is 1. The van der Waals surface area contributed by atoms with Gasteiger partial charge in [-0.3, -0.25) is 0 Å². The lowest BCUT2D eigenvalue weighted by Gasteiger charge is -1.98. The average Bonchev–Trinajstić information content (AvgIpc) is 2.92. The lowest BCUT2D eigenvalue weighted by molar-refractivity contribution is 1.34. The topological polar surface area (TPSA) is 28.7 Å². The highest BCUT2D eigenvalue weighted by atomic mass is 35.5. The number of hydrogen-bond donors (Lipinski definition) is 1. The minimum atomic E-state index is 0.705. The number of aromatic nitrogens is 2. The standard InChI is InChI=1S/C17H11ClN2/c18-14-8-4-3-7-13(14)17-19-15-10-9-11-5-1-2-6-12(11)16(15)20-17/h1-10H,(H,19,20). The quantitative estimate of drug-likeness (QED) is 0.519. The highest BCUT2D eigenvalue weighted by molar-refractivity contribution is 6.33. The van der Waals surface area contributed by atoms with Crippen LogP contribution in [0.15, 0.2) is 60.7 Å². The maximum Gasteiger partial charge on any atom is 0.140 e. The van der Waals surface area contributed by atoms with Gasteiger partial charge < -0.3 is 4.98 Å². The average molecular weight is 279 g/mol. The Bertz CT molecular complexity index is 924. The van der Waals surface area contributed by atoms with Gasteiger partial charge >= 0.3 is 0 Å². The van der Waals surface area contributed by atoms with Gasteiger partial charge in [0.1, 0.15) is 5.82 Å². The van der Waals surface area contributed by atoms with E-state index in [4.69, 9.17) is 16.6 Å². The van der Waals surface area contributed by atoms with E-state index in [0.29, 0.717) is 5.02 Å². The molecule has 0 aliphatic carbocycles. The number of fused-ring (bicyclic) bond motifs is 3. The Morgan fingerprint density at radius 2 is 1.65 bits per heavy atom. The molecule has 1 N–H and O–H groups in total. The van der Waals surface area contributed by atoms with Crippen molar-refractivity contribution in [2.24, 2.45) is 0 Å². The van der Waals surface area contributed by atoms with Crippen LogP contribution in [-0.4, -0.2) is 9.97 Å². The number of H-pyrrole nitrogens is 1. The molecule has 0 atom stereocenters. The van der Waals surface area contributed by atoms with Crippen molar-refractivity contribution in [3.05, 3.63) is 65.7 Å². The van der Waals surface area contributed by atoms with E-state index < -0.39 is 0 Å². The van der Waals surface area contributed by atoms with E-state index >= 15 is 0 Å². The van der Waals surface area contributed by atoms with Crippen molar-refractivity contribution in [2.45, 2.75) is 0 Å². The second kappa shape index (κ2) is 4.36. The van der Waals surface area contributed by atoms with E-state index in [1.807, 2.05) is 36.4 Å². The summed E-state index contributed by atoms with van der Waals surface area (Å²) < 4.78 is 0. The Kier molecular flexibility index (Phi) is 2.51.